The van der Waals surface area contributed by atoms with E-state index in [1.165, 1.54) is 32.1 Å². The van der Waals surface area contributed by atoms with Crippen LogP contribution in [-0.4, -0.2) is 23.6 Å². The van der Waals surface area contributed by atoms with Crippen molar-refractivity contribution in [3.8, 4) is 0 Å². The number of anilines is 1. The second-order valence-corrected chi connectivity index (χ2v) is 6.58. The number of thiazole rings is 1. The monoisotopic (exact) mass is 310 g/mol. The van der Waals surface area contributed by atoms with Crippen LogP contribution in [0.15, 0.2) is 5.38 Å². The fourth-order valence-electron chi connectivity index (χ4n) is 2.84. The van der Waals surface area contributed by atoms with Gasteiger partial charge in [0.05, 0.1) is 18.7 Å². The fourth-order valence-corrected chi connectivity index (χ4v) is 3.66. The summed E-state index contributed by atoms with van der Waals surface area (Å²) in [6.45, 7) is 4.56. The average molecular weight is 310 g/mol. The van der Waals surface area contributed by atoms with E-state index in [2.05, 4.69) is 17.2 Å². The number of aryl methyl sites for hydroxylation is 1. The van der Waals surface area contributed by atoms with Gasteiger partial charge in [0.2, 0.25) is 0 Å². The summed E-state index contributed by atoms with van der Waals surface area (Å²) in [5, 5.41) is 6.59. The van der Waals surface area contributed by atoms with Crippen LogP contribution in [0.5, 0.6) is 0 Å². The molecule has 0 saturated heterocycles. The first-order valence-electron chi connectivity index (χ1n) is 8.07. The lowest BCUT2D eigenvalue weighted by molar-refractivity contribution is -0.143. The summed E-state index contributed by atoms with van der Waals surface area (Å²) < 4.78 is 4.93. The van der Waals surface area contributed by atoms with Crippen molar-refractivity contribution in [1.82, 2.24) is 4.98 Å². The first kappa shape index (κ1) is 16.3. The summed E-state index contributed by atoms with van der Waals surface area (Å²) in [6.07, 6.45) is 7.54. The molecule has 2 rings (SSSR count). The number of carbonyl (C=O) groups excluding carboxylic acids is 1. The standard InChI is InChI=1S/C16H26N2O2S/c1-3-12-5-7-13(8-6-12)17-16-18-14(11-21-16)9-10-15(19)20-4-2/h11-13H,3-10H2,1-2H3,(H,17,18). The zero-order chi connectivity index (χ0) is 15.1. The highest BCUT2D eigenvalue weighted by atomic mass is 32.1. The zero-order valence-corrected chi connectivity index (χ0v) is 13.9. The van der Waals surface area contributed by atoms with Crippen molar-refractivity contribution >= 4 is 22.4 Å². The Morgan fingerprint density at radius 3 is 2.81 bits per heavy atom. The van der Waals surface area contributed by atoms with Gasteiger partial charge in [-0.3, -0.25) is 4.79 Å². The van der Waals surface area contributed by atoms with Crippen LogP contribution in [-0.2, 0) is 16.0 Å². The van der Waals surface area contributed by atoms with Crippen molar-refractivity contribution in [2.75, 3.05) is 11.9 Å². The smallest absolute Gasteiger partial charge is 0.306 e. The molecule has 0 aliphatic heterocycles. The van der Waals surface area contributed by atoms with E-state index in [1.807, 2.05) is 12.3 Å². The summed E-state index contributed by atoms with van der Waals surface area (Å²) in [5.74, 6) is 0.775. The summed E-state index contributed by atoms with van der Waals surface area (Å²) in [5.41, 5.74) is 0.984. The van der Waals surface area contributed by atoms with E-state index >= 15 is 0 Å². The Bertz CT molecular complexity index is 439. The molecule has 4 nitrogen and oxygen atoms in total. The largest absolute Gasteiger partial charge is 0.466 e. The molecule has 0 atom stereocenters. The number of esters is 1. The second-order valence-electron chi connectivity index (χ2n) is 5.72. The van der Waals surface area contributed by atoms with Gasteiger partial charge in [-0.15, -0.1) is 11.3 Å². The van der Waals surface area contributed by atoms with Gasteiger partial charge in [-0.2, -0.15) is 0 Å². The number of ether oxygens (including phenoxy) is 1. The molecule has 0 amide bonds. The molecule has 1 N–H and O–H groups in total. The van der Waals surface area contributed by atoms with Gasteiger partial charge in [-0.25, -0.2) is 4.98 Å². The van der Waals surface area contributed by atoms with Gasteiger partial charge in [0.1, 0.15) is 0 Å². The highest BCUT2D eigenvalue weighted by Crippen LogP contribution is 2.29. The van der Waals surface area contributed by atoms with E-state index in [9.17, 15) is 4.79 Å². The van der Waals surface area contributed by atoms with E-state index in [-0.39, 0.29) is 5.97 Å². The molecule has 118 valence electrons. The van der Waals surface area contributed by atoms with Crippen molar-refractivity contribution in [3.63, 3.8) is 0 Å². The van der Waals surface area contributed by atoms with Gasteiger partial charge >= 0.3 is 5.97 Å². The Labute approximate surface area is 131 Å². The molecule has 1 aromatic heterocycles. The van der Waals surface area contributed by atoms with Crippen molar-refractivity contribution in [2.24, 2.45) is 5.92 Å². The Kier molecular flexibility index (Phi) is 6.49. The van der Waals surface area contributed by atoms with Gasteiger partial charge in [0.15, 0.2) is 5.13 Å². The van der Waals surface area contributed by atoms with Gasteiger partial charge in [-0.05, 0) is 38.5 Å². The quantitative estimate of drug-likeness (QED) is 0.773. The van der Waals surface area contributed by atoms with Gasteiger partial charge in [0.25, 0.3) is 0 Å². The van der Waals surface area contributed by atoms with E-state index in [0.717, 1.165) is 16.7 Å². The van der Waals surface area contributed by atoms with Crippen LogP contribution >= 0.6 is 11.3 Å². The van der Waals surface area contributed by atoms with Gasteiger partial charge in [-0.1, -0.05) is 13.3 Å². The molecule has 1 heterocycles. The fraction of sp³-hybridized carbons (Fsp3) is 0.750. The third-order valence-corrected chi connectivity index (χ3v) is 5.02. The molecule has 0 unspecified atom stereocenters. The maximum absolute atomic E-state index is 11.3. The van der Waals surface area contributed by atoms with E-state index in [4.69, 9.17) is 4.74 Å². The molecule has 0 spiro atoms. The predicted molar refractivity (Wildman–Crippen MR) is 86.7 cm³/mol. The number of carbonyl (C=O) groups is 1. The van der Waals surface area contributed by atoms with Crippen molar-refractivity contribution in [2.45, 2.75) is 64.8 Å². The summed E-state index contributed by atoms with van der Waals surface area (Å²) >= 11 is 1.64. The van der Waals surface area contributed by atoms with Crippen molar-refractivity contribution in [1.29, 1.82) is 0 Å². The SMILES string of the molecule is CCOC(=O)CCc1csc(NC2CCC(CC)CC2)n1. The third kappa shape index (κ3) is 5.30. The molecule has 0 bridgehead atoms. The topological polar surface area (TPSA) is 51.2 Å². The molecular formula is C16H26N2O2S. The van der Waals surface area contributed by atoms with Crippen molar-refractivity contribution < 1.29 is 9.53 Å². The minimum atomic E-state index is -0.141. The molecule has 1 aliphatic carbocycles. The van der Waals surface area contributed by atoms with E-state index in [1.54, 1.807) is 11.3 Å². The van der Waals surface area contributed by atoms with Crippen LogP contribution < -0.4 is 5.32 Å². The van der Waals surface area contributed by atoms with Crippen LogP contribution in [0.4, 0.5) is 5.13 Å². The van der Waals surface area contributed by atoms with Gasteiger partial charge in [0, 0.05) is 17.8 Å². The number of hydrogen-bond donors (Lipinski definition) is 1. The average Bonchev–Trinajstić information content (AvgIpc) is 2.94. The van der Waals surface area contributed by atoms with Gasteiger partial charge < -0.3 is 10.1 Å². The number of hydrogen-bond acceptors (Lipinski definition) is 5. The lowest BCUT2D eigenvalue weighted by Crippen LogP contribution is -2.25. The Morgan fingerprint density at radius 1 is 1.38 bits per heavy atom. The Hall–Kier alpha value is -1.10. The van der Waals surface area contributed by atoms with Crippen molar-refractivity contribution in [3.05, 3.63) is 11.1 Å². The summed E-state index contributed by atoms with van der Waals surface area (Å²) in [4.78, 5) is 15.9. The lowest BCUT2D eigenvalue weighted by atomic mass is 9.85. The minimum absolute atomic E-state index is 0.141. The Balaban J connectivity index is 1.74. The van der Waals surface area contributed by atoms with Crippen LogP contribution in [0.3, 0.4) is 0 Å². The molecule has 0 aromatic carbocycles. The first-order valence-corrected chi connectivity index (χ1v) is 8.95. The predicted octanol–water partition coefficient (Wildman–Crippen LogP) is 4.02. The number of nitrogens with zero attached hydrogens (tertiary/aromatic N) is 1. The molecule has 1 aromatic rings. The summed E-state index contributed by atoms with van der Waals surface area (Å²) in [7, 11) is 0. The second kappa shape index (κ2) is 8.37. The molecule has 1 saturated carbocycles. The molecule has 0 radical (unpaired) electrons. The van der Waals surface area contributed by atoms with Crippen LogP contribution in [0.2, 0.25) is 0 Å². The first-order chi connectivity index (χ1) is 10.2. The van der Waals surface area contributed by atoms with Crippen LogP contribution in [0, 0.1) is 5.92 Å². The molecule has 21 heavy (non-hydrogen) atoms. The maximum Gasteiger partial charge on any atom is 0.306 e. The molecule has 1 fully saturated rings. The number of aromatic nitrogens is 1. The van der Waals surface area contributed by atoms with Crippen LogP contribution in [0.25, 0.3) is 0 Å². The number of rotatable bonds is 7. The minimum Gasteiger partial charge on any atom is -0.466 e. The highest BCUT2D eigenvalue weighted by molar-refractivity contribution is 7.13. The van der Waals surface area contributed by atoms with E-state index < -0.39 is 0 Å². The molecular weight excluding hydrogens is 284 g/mol. The highest BCUT2D eigenvalue weighted by Gasteiger charge is 2.20. The summed E-state index contributed by atoms with van der Waals surface area (Å²) in [6, 6.07) is 0.567. The molecule has 5 heteroatoms. The Morgan fingerprint density at radius 2 is 2.14 bits per heavy atom. The normalized spacial score (nSPS) is 22.0. The lowest BCUT2D eigenvalue weighted by Gasteiger charge is -2.28. The van der Waals surface area contributed by atoms with E-state index in [0.29, 0.717) is 25.5 Å². The molecule has 1 aliphatic rings. The number of nitrogens with one attached hydrogen (secondary N) is 1. The zero-order valence-electron chi connectivity index (χ0n) is 13.1. The maximum atomic E-state index is 11.3. The third-order valence-electron chi connectivity index (χ3n) is 4.19. The van der Waals surface area contributed by atoms with Crippen LogP contribution in [0.1, 0.15) is 58.1 Å².